The van der Waals surface area contributed by atoms with E-state index in [1.165, 1.54) is 16.7 Å². The lowest BCUT2D eigenvalue weighted by molar-refractivity contribution is 0.414. The highest BCUT2D eigenvalue weighted by atomic mass is 16.5. The molecule has 2 aromatic carbocycles. The maximum Gasteiger partial charge on any atom is 0.119 e. The van der Waals surface area contributed by atoms with Crippen LogP contribution < -0.4 is 4.74 Å². The van der Waals surface area contributed by atoms with Crippen LogP contribution in [-0.4, -0.2) is 7.11 Å². The molecule has 0 spiro atoms. The Kier molecular flexibility index (Phi) is 4.19. The van der Waals surface area contributed by atoms with Gasteiger partial charge >= 0.3 is 0 Å². The number of methoxy groups -OCH3 is 1. The second-order valence-electron chi connectivity index (χ2n) is 4.17. The summed E-state index contributed by atoms with van der Waals surface area (Å²) in [6, 6.07) is 18.6. The van der Waals surface area contributed by atoms with Crippen LogP contribution >= 0.6 is 0 Å². The van der Waals surface area contributed by atoms with Crippen molar-refractivity contribution in [2.45, 2.75) is 13.3 Å². The Bertz CT molecular complexity index is 526. The molecule has 0 heterocycles. The molecule has 0 saturated heterocycles. The normalized spacial score (nSPS) is 11.3. The standard InChI is InChI=1S/C17H18O/c1-3-15(12-14-8-5-4-6-9-14)16-10-7-11-17(13-16)18-2/h4-13H,3H2,1-2H3/b15-12+. The molecule has 0 fully saturated rings. The maximum absolute atomic E-state index is 5.27. The van der Waals surface area contributed by atoms with E-state index < -0.39 is 0 Å². The number of ether oxygens (including phenoxy) is 1. The van der Waals surface area contributed by atoms with Crippen molar-refractivity contribution < 1.29 is 4.74 Å². The zero-order chi connectivity index (χ0) is 12.8. The van der Waals surface area contributed by atoms with E-state index in [-0.39, 0.29) is 0 Å². The van der Waals surface area contributed by atoms with Crippen LogP contribution in [0.25, 0.3) is 11.6 Å². The first-order chi connectivity index (χ1) is 8.83. The van der Waals surface area contributed by atoms with Gasteiger partial charge in [0, 0.05) is 0 Å². The van der Waals surface area contributed by atoms with Crippen LogP contribution in [0.4, 0.5) is 0 Å². The predicted molar refractivity (Wildman–Crippen MR) is 77.6 cm³/mol. The molecule has 0 aliphatic heterocycles. The van der Waals surface area contributed by atoms with Crippen molar-refractivity contribution in [1.29, 1.82) is 0 Å². The van der Waals surface area contributed by atoms with Gasteiger partial charge in [-0.15, -0.1) is 0 Å². The molecule has 2 aromatic rings. The smallest absolute Gasteiger partial charge is 0.119 e. The lowest BCUT2D eigenvalue weighted by atomic mass is 10.0. The van der Waals surface area contributed by atoms with Crippen molar-refractivity contribution in [3.05, 3.63) is 65.7 Å². The van der Waals surface area contributed by atoms with E-state index in [0.717, 1.165) is 12.2 Å². The van der Waals surface area contributed by atoms with E-state index >= 15 is 0 Å². The minimum Gasteiger partial charge on any atom is -0.497 e. The van der Waals surface area contributed by atoms with Gasteiger partial charge < -0.3 is 4.74 Å². The lowest BCUT2D eigenvalue weighted by Gasteiger charge is -2.07. The van der Waals surface area contributed by atoms with Gasteiger partial charge in [-0.3, -0.25) is 0 Å². The summed E-state index contributed by atoms with van der Waals surface area (Å²) in [6.45, 7) is 2.17. The third-order valence-corrected chi connectivity index (χ3v) is 2.96. The van der Waals surface area contributed by atoms with Crippen molar-refractivity contribution in [1.82, 2.24) is 0 Å². The van der Waals surface area contributed by atoms with Crippen molar-refractivity contribution >= 4 is 11.6 Å². The molecule has 0 aromatic heterocycles. The molecule has 0 unspecified atom stereocenters. The van der Waals surface area contributed by atoms with Crippen molar-refractivity contribution in [2.75, 3.05) is 7.11 Å². The molecule has 0 aliphatic rings. The Hall–Kier alpha value is -2.02. The van der Waals surface area contributed by atoms with Gasteiger partial charge in [0.05, 0.1) is 7.11 Å². The molecule has 0 amide bonds. The average Bonchev–Trinajstić information content (AvgIpc) is 2.46. The van der Waals surface area contributed by atoms with Gasteiger partial charge in [-0.25, -0.2) is 0 Å². The van der Waals surface area contributed by atoms with Crippen LogP contribution in [0.3, 0.4) is 0 Å². The Morgan fingerprint density at radius 1 is 1.06 bits per heavy atom. The third kappa shape index (κ3) is 3.01. The maximum atomic E-state index is 5.27. The number of hydrogen-bond donors (Lipinski definition) is 0. The minimum atomic E-state index is 0.903. The van der Waals surface area contributed by atoms with Gasteiger partial charge in [0.2, 0.25) is 0 Å². The fourth-order valence-corrected chi connectivity index (χ4v) is 1.96. The molecule has 0 aliphatic carbocycles. The van der Waals surface area contributed by atoms with Crippen LogP contribution in [0.1, 0.15) is 24.5 Å². The number of benzene rings is 2. The Morgan fingerprint density at radius 3 is 2.50 bits per heavy atom. The average molecular weight is 238 g/mol. The summed E-state index contributed by atoms with van der Waals surface area (Å²) in [5.74, 6) is 0.903. The van der Waals surface area contributed by atoms with Crippen molar-refractivity contribution in [3.8, 4) is 5.75 Å². The zero-order valence-corrected chi connectivity index (χ0v) is 10.9. The molecule has 0 N–H and O–H groups in total. The summed E-state index contributed by atoms with van der Waals surface area (Å²) >= 11 is 0. The summed E-state index contributed by atoms with van der Waals surface area (Å²) in [4.78, 5) is 0. The quantitative estimate of drug-likeness (QED) is 0.705. The first kappa shape index (κ1) is 12.4. The number of allylic oxidation sites excluding steroid dienone is 1. The van der Waals surface area contributed by atoms with E-state index in [4.69, 9.17) is 4.74 Å². The van der Waals surface area contributed by atoms with E-state index in [1.807, 2.05) is 18.2 Å². The second-order valence-corrected chi connectivity index (χ2v) is 4.17. The van der Waals surface area contributed by atoms with Gasteiger partial charge in [-0.1, -0.05) is 55.5 Å². The van der Waals surface area contributed by atoms with Crippen LogP contribution in [0.5, 0.6) is 5.75 Å². The number of rotatable bonds is 4. The molecule has 0 radical (unpaired) electrons. The monoisotopic (exact) mass is 238 g/mol. The highest BCUT2D eigenvalue weighted by Crippen LogP contribution is 2.24. The highest BCUT2D eigenvalue weighted by molar-refractivity contribution is 5.81. The SMILES string of the molecule is CC/C(=C\c1ccccc1)c1cccc(OC)c1. The topological polar surface area (TPSA) is 9.23 Å². The van der Waals surface area contributed by atoms with Crippen molar-refractivity contribution in [3.63, 3.8) is 0 Å². The molecule has 1 heteroatoms. The van der Waals surface area contributed by atoms with Crippen molar-refractivity contribution in [2.24, 2.45) is 0 Å². The summed E-state index contributed by atoms with van der Waals surface area (Å²) < 4.78 is 5.27. The van der Waals surface area contributed by atoms with Crippen LogP contribution in [0, 0.1) is 0 Å². The largest absolute Gasteiger partial charge is 0.497 e. The van der Waals surface area contributed by atoms with Gasteiger partial charge in [0.25, 0.3) is 0 Å². The second kappa shape index (κ2) is 6.06. The Balaban J connectivity index is 2.36. The third-order valence-electron chi connectivity index (χ3n) is 2.96. The summed E-state index contributed by atoms with van der Waals surface area (Å²) in [5.41, 5.74) is 3.78. The van der Waals surface area contributed by atoms with Gasteiger partial charge in [-0.2, -0.15) is 0 Å². The molecular formula is C17H18O. The molecule has 92 valence electrons. The highest BCUT2D eigenvalue weighted by Gasteiger charge is 2.01. The summed E-state index contributed by atoms with van der Waals surface area (Å²) in [6.07, 6.45) is 3.23. The van der Waals surface area contributed by atoms with E-state index in [1.54, 1.807) is 7.11 Å². The number of hydrogen-bond acceptors (Lipinski definition) is 1. The summed E-state index contributed by atoms with van der Waals surface area (Å²) in [5, 5.41) is 0. The summed E-state index contributed by atoms with van der Waals surface area (Å²) in [7, 11) is 1.70. The van der Waals surface area contributed by atoms with Crippen LogP contribution in [0.2, 0.25) is 0 Å². The molecule has 18 heavy (non-hydrogen) atoms. The molecular weight excluding hydrogens is 220 g/mol. The predicted octanol–water partition coefficient (Wildman–Crippen LogP) is 4.65. The van der Waals surface area contributed by atoms with Crippen LogP contribution in [-0.2, 0) is 0 Å². The molecule has 0 atom stereocenters. The van der Waals surface area contributed by atoms with Gasteiger partial charge in [-0.05, 0) is 35.3 Å². The fourth-order valence-electron chi connectivity index (χ4n) is 1.96. The first-order valence-corrected chi connectivity index (χ1v) is 6.23. The zero-order valence-electron chi connectivity index (χ0n) is 10.9. The molecule has 0 saturated carbocycles. The molecule has 1 nitrogen and oxygen atoms in total. The molecule has 0 bridgehead atoms. The van der Waals surface area contributed by atoms with Gasteiger partial charge in [0.15, 0.2) is 0 Å². The van der Waals surface area contributed by atoms with Gasteiger partial charge in [0.1, 0.15) is 5.75 Å². The van der Waals surface area contributed by atoms with E-state index in [9.17, 15) is 0 Å². The van der Waals surface area contributed by atoms with Crippen LogP contribution in [0.15, 0.2) is 54.6 Å². The van der Waals surface area contributed by atoms with E-state index in [2.05, 4.69) is 49.4 Å². The Labute approximate surface area is 109 Å². The minimum absolute atomic E-state index is 0.903. The first-order valence-electron chi connectivity index (χ1n) is 6.23. The fraction of sp³-hybridized carbons (Fsp3) is 0.176. The van der Waals surface area contributed by atoms with E-state index in [0.29, 0.717) is 0 Å². The molecule has 2 rings (SSSR count). The Morgan fingerprint density at radius 2 is 1.83 bits per heavy atom. The lowest BCUT2D eigenvalue weighted by Crippen LogP contribution is -1.87.